The van der Waals surface area contributed by atoms with Crippen molar-refractivity contribution in [1.82, 2.24) is 9.97 Å². The fourth-order valence-corrected chi connectivity index (χ4v) is 3.06. The van der Waals surface area contributed by atoms with E-state index in [-0.39, 0.29) is 18.2 Å². The van der Waals surface area contributed by atoms with Gasteiger partial charge in [0.05, 0.1) is 11.5 Å². The van der Waals surface area contributed by atoms with Crippen LogP contribution in [0.5, 0.6) is 11.5 Å². The number of anilines is 1. The second kappa shape index (κ2) is 10.8. The Morgan fingerprint density at radius 3 is 2.59 bits per heavy atom. The number of nitrogens with zero attached hydrogens (tertiary/aromatic N) is 1. The Balaban J connectivity index is 1.77. The largest absolute Gasteiger partial charge is 0.490 e. The van der Waals surface area contributed by atoms with Crippen molar-refractivity contribution in [3.05, 3.63) is 90.2 Å². The van der Waals surface area contributed by atoms with Crippen molar-refractivity contribution in [3.8, 4) is 11.5 Å². The van der Waals surface area contributed by atoms with Crippen molar-refractivity contribution in [1.29, 1.82) is 0 Å². The minimum Gasteiger partial charge on any atom is -0.490 e. The standard InChI is InChI=1S/C23H22N4O7/c1-3-33-19-12-15(7-9-17-21(27(31)32)22(29)26-23(30)25-17)8-10-18(19)34-13-20(28)24-16-6-4-5-14(2)11-16/h4-12H,3,13H2,1-2H3,(H,24,28)(H2,25,26,29,30)/b9-7-. The zero-order valence-corrected chi connectivity index (χ0v) is 18.4. The quantitative estimate of drug-likeness (QED) is 0.323. The fourth-order valence-electron chi connectivity index (χ4n) is 3.06. The SMILES string of the molecule is CCOc1cc(/C=C\c2[nH]c(=O)[nH]c(=O)c2[N+](=O)[O-])ccc1OCC(=O)Nc1cccc(C)c1. The summed E-state index contributed by atoms with van der Waals surface area (Å²) in [5.74, 6) is 0.332. The average Bonchev–Trinajstić information content (AvgIpc) is 2.76. The highest BCUT2D eigenvalue weighted by Crippen LogP contribution is 2.29. The van der Waals surface area contributed by atoms with Crippen LogP contribution >= 0.6 is 0 Å². The van der Waals surface area contributed by atoms with Crippen LogP contribution in [-0.4, -0.2) is 34.0 Å². The number of nitro groups is 1. The molecule has 1 heterocycles. The van der Waals surface area contributed by atoms with E-state index >= 15 is 0 Å². The van der Waals surface area contributed by atoms with Gasteiger partial charge >= 0.3 is 16.9 Å². The Morgan fingerprint density at radius 1 is 1.09 bits per heavy atom. The van der Waals surface area contributed by atoms with Gasteiger partial charge in [-0.2, -0.15) is 0 Å². The number of nitrogens with one attached hydrogen (secondary N) is 3. The van der Waals surface area contributed by atoms with E-state index in [2.05, 4.69) is 10.3 Å². The number of aromatic nitrogens is 2. The molecule has 3 N–H and O–H groups in total. The van der Waals surface area contributed by atoms with E-state index in [4.69, 9.17) is 9.47 Å². The molecule has 0 fully saturated rings. The minimum absolute atomic E-state index is 0.246. The van der Waals surface area contributed by atoms with Crippen molar-refractivity contribution in [2.45, 2.75) is 13.8 Å². The summed E-state index contributed by atoms with van der Waals surface area (Å²) in [6.07, 6.45) is 2.71. The van der Waals surface area contributed by atoms with Gasteiger partial charge in [0.1, 0.15) is 5.69 Å². The highest BCUT2D eigenvalue weighted by molar-refractivity contribution is 5.92. The first-order chi connectivity index (χ1) is 16.3. The molecule has 0 aliphatic carbocycles. The van der Waals surface area contributed by atoms with Crippen LogP contribution in [0.1, 0.15) is 23.7 Å². The van der Waals surface area contributed by atoms with Gasteiger partial charge in [0.15, 0.2) is 18.1 Å². The molecule has 34 heavy (non-hydrogen) atoms. The zero-order valence-electron chi connectivity index (χ0n) is 18.4. The Hall–Kier alpha value is -4.67. The van der Waals surface area contributed by atoms with E-state index < -0.39 is 21.9 Å². The number of amides is 1. The number of hydrogen-bond acceptors (Lipinski definition) is 7. The molecule has 0 spiro atoms. The fraction of sp³-hybridized carbons (Fsp3) is 0.174. The van der Waals surface area contributed by atoms with Gasteiger partial charge in [-0.1, -0.05) is 24.3 Å². The van der Waals surface area contributed by atoms with Crippen molar-refractivity contribution < 1.29 is 19.2 Å². The first kappa shape index (κ1) is 24.0. The summed E-state index contributed by atoms with van der Waals surface area (Å²) >= 11 is 0. The van der Waals surface area contributed by atoms with E-state index in [1.54, 1.807) is 31.2 Å². The van der Waals surface area contributed by atoms with Crippen molar-refractivity contribution in [3.63, 3.8) is 0 Å². The number of hydrogen-bond donors (Lipinski definition) is 3. The van der Waals surface area contributed by atoms with Gasteiger partial charge in [-0.25, -0.2) is 4.79 Å². The molecule has 0 saturated heterocycles. The van der Waals surface area contributed by atoms with Gasteiger partial charge < -0.3 is 19.8 Å². The first-order valence-electron chi connectivity index (χ1n) is 10.2. The Labute approximate surface area is 193 Å². The van der Waals surface area contributed by atoms with Gasteiger partial charge in [0.25, 0.3) is 5.91 Å². The molecule has 1 amide bonds. The molecular formula is C23H22N4O7. The summed E-state index contributed by atoms with van der Waals surface area (Å²) in [6.45, 7) is 3.78. The second-order valence-electron chi connectivity index (χ2n) is 7.11. The maximum atomic E-state index is 12.2. The normalized spacial score (nSPS) is 10.8. The van der Waals surface area contributed by atoms with Gasteiger partial charge in [-0.3, -0.25) is 24.7 Å². The van der Waals surface area contributed by atoms with E-state index in [1.165, 1.54) is 12.2 Å². The van der Waals surface area contributed by atoms with Crippen LogP contribution in [0, 0.1) is 17.0 Å². The molecular weight excluding hydrogens is 444 g/mol. The number of aromatic amines is 2. The van der Waals surface area contributed by atoms with Crippen LogP contribution in [0.15, 0.2) is 52.1 Å². The monoisotopic (exact) mass is 466 g/mol. The molecule has 0 aliphatic rings. The first-order valence-corrected chi connectivity index (χ1v) is 10.2. The molecule has 176 valence electrons. The third-order valence-electron chi connectivity index (χ3n) is 4.50. The summed E-state index contributed by atoms with van der Waals surface area (Å²) in [5, 5.41) is 13.9. The van der Waals surface area contributed by atoms with Crippen molar-refractivity contribution in [2.24, 2.45) is 0 Å². The highest BCUT2D eigenvalue weighted by Gasteiger charge is 2.19. The van der Waals surface area contributed by atoms with Crippen LogP contribution in [0.4, 0.5) is 11.4 Å². The molecule has 0 bridgehead atoms. The minimum atomic E-state index is -1.10. The molecule has 0 radical (unpaired) electrons. The maximum absolute atomic E-state index is 12.2. The van der Waals surface area contributed by atoms with Gasteiger partial charge in [0, 0.05) is 5.69 Å². The number of benzene rings is 2. The number of carbonyl (C=O) groups is 1. The van der Waals surface area contributed by atoms with E-state index in [9.17, 15) is 24.5 Å². The third-order valence-corrected chi connectivity index (χ3v) is 4.50. The summed E-state index contributed by atoms with van der Waals surface area (Å²) < 4.78 is 11.2. The summed E-state index contributed by atoms with van der Waals surface area (Å²) in [6, 6.07) is 12.2. The predicted molar refractivity (Wildman–Crippen MR) is 126 cm³/mol. The topological polar surface area (TPSA) is 156 Å². The van der Waals surface area contributed by atoms with E-state index in [0.29, 0.717) is 29.4 Å². The molecule has 3 rings (SSSR count). The van der Waals surface area contributed by atoms with Crippen LogP contribution < -0.4 is 26.0 Å². The summed E-state index contributed by atoms with van der Waals surface area (Å²) in [4.78, 5) is 49.8. The number of carbonyl (C=O) groups excluding carboxylic acids is 1. The summed E-state index contributed by atoms with van der Waals surface area (Å²) in [7, 11) is 0. The highest BCUT2D eigenvalue weighted by atomic mass is 16.6. The predicted octanol–water partition coefficient (Wildman–Crippen LogP) is 2.87. The molecule has 1 aromatic heterocycles. The molecule has 0 unspecified atom stereocenters. The number of ether oxygens (including phenoxy) is 2. The van der Waals surface area contributed by atoms with Gasteiger partial charge in [0.2, 0.25) is 0 Å². The second-order valence-corrected chi connectivity index (χ2v) is 7.11. The lowest BCUT2D eigenvalue weighted by molar-refractivity contribution is -0.386. The summed E-state index contributed by atoms with van der Waals surface area (Å²) in [5.41, 5.74) is -0.767. The Bertz CT molecular complexity index is 1360. The van der Waals surface area contributed by atoms with Gasteiger partial charge in [-0.15, -0.1) is 0 Å². The average molecular weight is 466 g/mol. The number of aryl methyl sites for hydroxylation is 1. The van der Waals surface area contributed by atoms with Crippen molar-refractivity contribution >= 4 is 29.4 Å². The number of rotatable bonds is 9. The smallest absolute Gasteiger partial charge is 0.357 e. The molecule has 3 aromatic rings. The van der Waals surface area contributed by atoms with Crippen LogP contribution in [0.2, 0.25) is 0 Å². The molecule has 11 heteroatoms. The van der Waals surface area contributed by atoms with Gasteiger partial charge in [-0.05, 0) is 55.3 Å². The Morgan fingerprint density at radius 2 is 1.88 bits per heavy atom. The number of H-pyrrole nitrogens is 2. The lowest BCUT2D eigenvalue weighted by Crippen LogP contribution is -2.25. The Kier molecular flexibility index (Phi) is 7.60. The molecule has 11 nitrogen and oxygen atoms in total. The molecule has 0 atom stereocenters. The van der Waals surface area contributed by atoms with Crippen molar-refractivity contribution in [2.75, 3.05) is 18.5 Å². The van der Waals surface area contributed by atoms with Crippen LogP contribution in [0.25, 0.3) is 12.2 Å². The maximum Gasteiger partial charge on any atom is 0.357 e. The van der Waals surface area contributed by atoms with Crippen LogP contribution in [0.3, 0.4) is 0 Å². The molecule has 0 saturated carbocycles. The van der Waals surface area contributed by atoms with E-state index in [1.807, 2.05) is 30.1 Å². The van der Waals surface area contributed by atoms with E-state index in [0.717, 1.165) is 5.56 Å². The third kappa shape index (κ3) is 6.19. The molecule has 2 aromatic carbocycles. The van der Waals surface area contributed by atoms with Crippen LogP contribution in [-0.2, 0) is 4.79 Å². The lowest BCUT2D eigenvalue weighted by atomic mass is 10.1. The zero-order chi connectivity index (χ0) is 24.7. The molecule has 0 aliphatic heterocycles. The lowest BCUT2D eigenvalue weighted by Gasteiger charge is -2.13.